The van der Waals surface area contributed by atoms with Crippen LogP contribution in [-0.2, 0) is 6.54 Å². The molecule has 27 heavy (non-hydrogen) atoms. The van der Waals surface area contributed by atoms with Crippen LogP contribution in [0.2, 0.25) is 0 Å². The highest BCUT2D eigenvalue weighted by Crippen LogP contribution is 2.24. The third kappa shape index (κ3) is 4.51. The summed E-state index contributed by atoms with van der Waals surface area (Å²) >= 11 is 1.37. The van der Waals surface area contributed by atoms with Gasteiger partial charge in [-0.3, -0.25) is 10.00 Å². The maximum absolute atomic E-state index is 13.8. The van der Waals surface area contributed by atoms with Crippen LogP contribution in [0.3, 0.4) is 0 Å². The molecule has 0 aliphatic carbocycles. The Morgan fingerprint density at radius 1 is 1.37 bits per heavy atom. The minimum Gasteiger partial charge on any atom is -0.331 e. The number of urea groups is 1. The third-order valence-electron chi connectivity index (χ3n) is 4.27. The number of nitrogens with one attached hydrogen (secondary N) is 2. The molecule has 0 spiro atoms. The maximum Gasteiger partial charge on any atom is 0.320 e. The Bertz CT molecular complexity index is 936. The van der Waals surface area contributed by atoms with E-state index in [0.29, 0.717) is 22.1 Å². The molecule has 1 aromatic carbocycles. The quantitative estimate of drug-likeness (QED) is 0.641. The summed E-state index contributed by atoms with van der Waals surface area (Å²) in [7, 11) is 0. The van der Waals surface area contributed by atoms with Crippen LogP contribution < -0.4 is 10.6 Å². The third-order valence-corrected chi connectivity index (χ3v) is 5.12. The van der Waals surface area contributed by atoms with Crippen molar-refractivity contribution in [3.05, 3.63) is 52.2 Å². The lowest BCUT2D eigenvalue weighted by Crippen LogP contribution is -2.28. The zero-order valence-electron chi connectivity index (χ0n) is 15.5. The van der Waals surface area contributed by atoms with Gasteiger partial charge in [-0.25, -0.2) is 14.2 Å². The molecule has 1 unspecified atom stereocenters. The molecule has 2 N–H and O–H groups in total. The molecule has 0 radical (unpaired) electrons. The van der Waals surface area contributed by atoms with Gasteiger partial charge in [0.05, 0.1) is 12.2 Å². The Morgan fingerprint density at radius 2 is 2.15 bits per heavy atom. The van der Waals surface area contributed by atoms with Gasteiger partial charge in [0.15, 0.2) is 5.82 Å². The van der Waals surface area contributed by atoms with Gasteiger partial charge >= 0.3 is 6.03 Å². The number of carbonyl (C=O) groups is 1. The number of aromatic nitrogens is 3. The summed E-state index contributed by atoms with van der Waals surface area (Å²) in [5.74, 6) is 0.198. The number of halogens is 1. The molecule has 2 aromatic heterocycles. The molecule has 0 saturated heterocycles. The fourth-order valence-corrected chi connectivity index (χ4v) is 3.40. The van der Waals surface area contributed by atoms with Crippen LogP contribution in [0, 0.1) is 12.7 Å². The van der Waals surface area contributed by atoms with E-state index < -0.39 is 0 Å². The second-order valence-corrected chi connectivity index (χ2v) is 7.23. The first kappa shape index (κ1) is 19.0. The fourth-order valence-electron chi connectivity index (χ4n) is 2.67. The lowest BCUT2D eigenvalue weighted by atomic mass is 10.2. The second-order valence-electron chi connectivity index (χ2n) is 6.29. The molecule has 0 aliphatic heterocycles. The van der Waals surface area contributed by atoms with Crippen molar-refractivity contribution in [2.75, 3.05) is 5.32 Å². The summed E-state index contributed by atoms with van der Waals surface area (Å²) in [6, 6.07) is 8.25. The highest BCUT2D eigenvalue weighted by molar-refractivity contribution is 7.09. The number of benzene rings is 1. The van der Waals surface area contributed by atoms with Gasteiger partial charge in [0, 0.05) is 28.7 Å². The number of anilines is 1. The Kier molecular flexibility index (Phi) is 5.85. The number of thiazole rings is 1. The number of rotatable bonds is 6. The number of amides is 2. The zero-order valence-corrected chi connectivity index (χ0v) is 16.3. The monoisotopic (exact) mass is 387 g/mol. The summed E-state index contributed by atoms with van der Waals surface area (Å²) in [6.07, 6.45) is 0.961. The minimum atomic E-state index is -0.355. The van der Waals surface area contributed by atoms with E-state index in [2.05, 4.69) is 34.6 Å². The van der Waals surface area contributed by atoms with Crippen molar-refractivity contribution in [2.24, 2.45) is 0 Å². The molecule has 142 valence electrons. The normalized spacial score (nSPS) is 12.0. The standard InChI is InChI=1S/C19H22FN5OS/c1-4-12(2)25-13(3)9-17(24-25)23-19(26)21-10-18-22-16(11-27-18)14-7-5-6-8-15(14)20/h5-9,11-12H,4,10H2,1-3H3,(H2,21,23,24,26). The first-order chi connectivity index (χ1) is 13.0. The van der Waals surface area contributed by atoms with Crippen molar-refractivity contribution < 1.29 is 9.18 Å². The Morgan fingerprint density at radius 3 is 2.89 bits per heavy atom. The van der Waals surface area contributed by atoms with E-state index >= 15 is 0 Å². The summed E-state index contributed by atoms with van der Waals surface area (Å²) in [6.45, 7) is 6.40. The first-order valence-electron chi connectivity index (χ1n) is 8.78. The predicted molar refractivity (Wildman–Crippen MR) is 105 cm³/mol. The highest BCUT2D eigenvalue weighted by Gasteiger charge is 2.12. The molecule has 3 rings (SSSR count). The lowest BCUT2D eigenvalue weighted by molar-refractivity contribution is 0.251. The molecular weight excluding hydrogens is 365 g/mol. The maximum atomic E-state index is 13.8. The van der Waals surface area contributed by atoms with Crippen molar-refractivity contribution in [2.45, 2.75) is 39.8 Å². The Labute approximate surface area is 161 Å². The second kappa shape index (κ2) is 8.30. The van der Waals surface area contributed by atoms with Crippen molar-refractivity contribution in [1.29, 1.82) is 0 Å². The van der Waals surface area contributed by atoms with Crippen LogP contribution in [0.15, 0.2) is 35.7 Å². The topological polar surface area (TPSA) is 71.8 Å². The van der Waals surface area contributed by atoms with Crippen molar-refractivity contribution in [3.63, 3.8) is 0 Å². The molecule has 0 bridgehead atoms. The summed E-state index contributed by atoms with van der Waals surface area (Å²) < 4.78 is 15.7. The van der Waals surface area contributed by atoms with E-state index in [1.807, 2.05) is 17.7 Å². The van der Waals surface area contributed by atoms with E-state index in [-0.39, 0.29) is 24.4 Å². The number of hydrogen-bond donors (Lipinski definition) is 2. The SMILES string of the molecule is CCC(C)n1nc(NC(=O)NCc2nc(-c3ccccc3F)cs2)cc1C. The van der Waals surface area contributed by atoms with Crippen molar-refractivity contribution in [1.82, 2.24) is 20.1 Å². The molecule has 3 aromatic rings. The molecular formula is C19H22FN5OS. The van der Waals surface area contributed by atoms with Crippen LogP contribution in [-0.4, -0.2) is 20.8 Å². The highest BCUT2D eigenvalue weighted by atomic mass is 32.1. The van der Waals surface area contributed by atoms with E-state index in [4.69, 9.17) is 0 Å². The van der Waals surface area contributed by atoms with Gasteiger partial charge in [-0.05, 0) is 32.4 Å². The molecule has 0 saturated carbocycles. The van der Waals surface area contributed by atoms with Crippen molar-refractivity contribution >= 4 is 23.2 Å². The predicted octanol–water partition coefficient (Wildman–Crippen LogP) is 4.75. The van der Waals surface area contributed by atoms with E-state index in [1.54, 1.807) is 23.6 Å². The van der Waals surface area contributed by atoms with E-state index in [0.717, 1.165) is 12.1 Å². The molecule has 6 nitrogen and oxygen atoms in total. The summed E-state index contributed by atoms with van der Waals surface area (Å²) in [5.41, 5.74) is 2.02. The van der Waals surface area contributed by atoms with Gasteiger partial charge in [-0.1, -0.05) is 19.1 Å². The van der Waals surface area contributed by atoms with Crippen molar-refractivity contribution in [3.8, 4) is 11.3 Å². The lowest BCUT2D eigenvalue weighted by Gasteiger charge is -2.10. The van der Waals surface area contributed by atoms with Gasteiger partial charge in [-0.15, -0.1) is 11.3 Å². The molecule has 2 amide bonds. The molecule has 0 aliphatic rings. The smallest absolute Gasteiger partial charge is 0.320 e. The van der Waals surface area contributed by atoms with E-state index in [1.165, 1.54) is 17.4 Å². The zero-order chi connectivity index (χ0) is 19.4. The number of hydrogen-bond acceptors (Lipinski definition) is 4. The average molecular weight is 387 g/mol. The molecule has 2 heterocycles. The van der Waals surface area contributed by atoms with Gasteiger partial charge in [0.2, 0.25) is 0 Å². The van der Waals surface area contributed by atoms with E-state index in [9.17, 15) is 9.18 Å². The number of nitrogens with zero attached hydrogens (tertiary/aromatic N) is 3. The Balaban J connectivity index is 1.58. The molecule has 1 atom stereocenters. The van der Waals surface area contributed by atoms with Gasteiger partial charge in [0.1, 0.15) is 10.8 Å². The van der Waals surface area contributed by atoms with Gasteiger partial charge in [-0.2, -0.15) is 5.10 Å². The summed E-state index contributed by atoms with van der Waals surface area (Å²) in [5, 5.41) is 12.4. The molecule has 8 heteroatoms. The van der Waals surface area contributed by atoms with Gasteiger partial charge in [0.25, 0.3) is 0 Å². The first-order valence-corrected chi connectivity index (χ1v) is 9.66. The fraction of sp³-hybridized carbons (Fsp3) is 0.316. The minimum absolute atomic E-state index is 0.260. The van der Waals surface area contributed by atoms with Crippen LogP contribution in [0.1, 0.15) is 37.0 Å². The van der Waals surface area contributed by atoms with Crippen LogP contribution in [0.4, 0.5) is 15.0 Å². The van der Waals surface area contributed by atoms with Crippen LogP contribution in [0.25, 0.3) is 11.3 Å². The summed E-state index contributed by atoms with van der Waals surface area (Å²) in [4.78, 5) is 16.5. The van der Waals surface area contributed by atoms with Crippen LogP contribution in [0.5, 0.6) is 0 Å². The number of aryl methyl sites for hydroxylation is 1. The molecule has 0 fully saturated rings. The van der Waals surface area contributed by atoms with Gasteiger partial charge < -0.3 is 5.32 Å². The largest absolute Gasteiger partial charge is 0.331 e. The average Bonchev–Trinajstić information content (AvgIpc) is 3.26. The number of carbonyl (C=O) groups excluding carboxylic acids is 1. The van der Waals surface area contributed by atoms with Crippen LogP contribution >= 0.6 is 11.3 Å². The Hall–Kier alpha value is -2.74.